The van der Waals surface area contributed by atoms with Crippen molar-refractivity contribution in [2.24, 2.45) is 0 Å². The molecule has 1 fully saturated rings. The van der Waals surface area contributed by atoms with Gasteiger partial charge in [0.05, 0.1) is 23.0 Å². The number of nitrogens with zero attached hydrogens (tertiary/aromatic N) is 4. The predicted octanol–water partition coefficient (Wildman–Crippen LogP) is 4.22. The van der Waals surface area contributed by atoms with Crippen LogP contribution in [0.1, 0.15) is 30.2 Å². The Bertz CT molecular complexity index is 1130. The number of nitrogens with one attached hydrogen (secondary N) is 1. The summed E-state index contributed by atoms with van der Waals surface area (Å²) in [7, 11) is 0. The molecule has 0 saturated carbocycles. The molecule has 1 saturated heterocycles. The molecule has 1 aromatic heterocycles. The maximum absolute atomic E-state index is 13.1. The lowest BCUT2D eigenvalue weighted by Gasteiger charge is -2.30. The number of piperidine rings is 1. The minimum absolute atomic E-state index is 0.0209. The predicted molar refractivity (Wildman–Crippen MR) is 113 cm³/mol. The Labute approximate surface area is 183 Å². The molecule has 1 amide bonds. The van der Waals surface area contributed by atoms with Gasteiger partial charge in [0.2, 0.25) is 17.6 Å². The van der Waals surface area contributed by atoms with Gasteiger partial charge in [-0.05, 0) is 61.9 Å². The SMILES string of the molecule is N#Cc1ccc(NC(=O)CN2CCC[C@H](c3nc(-c4ccc(F)cc4)no3)C2)cc1Cl. The summed E-state index contributed by atoms with van der Waals surface area (Å²) in [4.78, 5) is 19.0. The highest BCUT2D eigenvalue weighted by Gasteiger charge is 2.27. The molecule has 9 heteroatoms. The zero-order valence-corrected chi connectivity index (χ0v) is 17.3. The average Bonchev–Trinajstić information content (AvgIpc) is 3.25. The van der Waals surface area contributed by atoms with E-state index in [1.807, 2.05) is 11.0 Å². The quantitative estimate of drug-likeness (QED) is 0.639. The molecule has 0 unspecified atom stereocenters. The molecule has 3 aromatic rings. The molecular weight excluding hydrogens is 421 g/mol. The fourth-order valence-corrected chi connectivity index (χ4v) is 3.83. The maximum atomic E-state index is 13.1. The number of amides is 1. The molecule has 158 valence electrons. The van der Waals surface area contributed by atoms with Crippen molar-refractivity contribution >= 4 is 23.2 Å². The van der Waals surface area contributed by atoms with Gasteiger partial charge in [-0.25, -0.2) is 4.39 Å². The van der Waals surface area contributed by atoms with Crippen LogP contribution in [0, 0.1) is 17.1 Å². The lowest BCUT2D eigenvalue weighted by molar-refractivity contribution is -0.117. The lowest BCUT2D eigenvalue weighted by Crippen LogP contribution is -2.39. The van der Waals surface area contributed by atoms with Crippen molar-refractivity contribution in [1.29, 1.82) is 5.26 Å². The number of benzene rings is 2. The van der Waals surface area contributed by atoms with Gasteiger partial charge in [0.1, 0.15) is 11.9 Å². The third-order valence-corrected chi connectivity index (χ3v) is 5.45. The lowest BCUT2D eigenvalue weighted by atomic mass is 9.98. The number of nitriles is 1. The normalized spacial score (nSPS) is 16.6. The van der Waals surface area contributed by atoms with Gasteiger partial charge in [-0.2, -0.15) is 10.2 Å². The van der Waals surface area contributed by atoms with Crippen LogP contribution < -0.4 is 5.32 Å². The van der Waals surface area contributed by atoms with Crippen LogP contribution in [0.4, 0.5) is 10.1 Å². The Kier molecular flexibility index (Phi) is 6.26. The van der Waals surface area contributed by atoms with E-state index in [1.54, 1.807) is 30.3 Å². The smallest absolute Gasteiger partial charge is 0.238 e. The van der Waals surface area contributed by atoms with Crippen molar-refractivity contribution in [3.63, 3.8) is 0 Å². The summed E-state index contributed by atoms with van der Waals surface area (Å²) >= 11 is 6.02. The minimum atomic E-state index is -0.322. The van der Waals surface area contributed by atoms with Crippen molar-refractivity contribution in [2.45, 2.75) is 18.8 Å². The van der Waals surface area contributed by atoms with Crippen molar-refractivity contribution in [2.75, 3.05) is 25.0 Å². The van der Waals surface area contributed by atoms with E-state index >= 15 is 0 Å². The highest BCUT2D eigenvalue weighted by Crippen LogP contribution is 2.28. The van der Waals surface area contributed by atoms with Crippen LogP contribution in [0.25, 0.3) is 11.4 Å². The number of anilines is 1. The zero-order chi connectivity index (χ0) is 21.8. The van der Waals surface area contributed by atoms with Crippen LogP contribution in [-0.2, 0) is 4.79 Å². The van der Waals surface area contributed by atoms with Gasteiger partial charge in [0, 0.05) is 17.8 Å². The number of halogens is 2. The second-order valence-corrected chi connectivity index (χ2v) is 7.80. The number of hydrogen-bond acceptors (Lipinski definition) is 6. The standard InChI is InChI=1S/C22H19ClFN5O2/c23-19-10-18(8-5-15(19)11-25)26-20(30)13-29-9-1-2-16(12-29)22-27-21(28-31-22)14-3-6-17(24)7-4-14/h3-8,10,16H,1-2,9,12-13H2,(H,26,30)/t16-/m0/s1. The molecule has 31 heavy (non-hydrogen) atoms. The van der Waals surface area contributed by atoms with E-state index in [9.17, 15) is 9.18 Å². The van der Waals surface area contributed by atoms with Crippen molar-refractivity contribution in [1.82, 2.24) is 15.0 Å². The molecule has 1 aliphatic heterocycles. The average molecular weight is 440 g/mol. The Morgan fingerprint density at radius 1 is 1.32 bits per heavy atom. The van der Waals surface area contributed by atoms with Crippen molar-refractivity contribution < 1.29 is 13.7 Å². The summed E-state index contributed by atoms with van der Waals surface area (Å²) in [6, 6.07) is 12.7. The molecule has 0 aliphatic carbocycles. The van der Waals surface area contributed by atoms with E-state index < -0.39 is 0 Å². The summed E-state index contributed by atoms with van der Waals surface area (Å²) in [6.07, 6.45) is 1.78. The van der Waals surface area contributed by atoms with Gasteiger partial charge in [0.25, 0.3) is 0 Å². The molecule has 1 N–H and O–H groups in total. The summed E-state index contributed by atoms with van der Waals surface area (Å²) in [6.45, 7) is 1.62. The largest absolute Gasteiger partial charge is 0.339 e. The molecule has 1 atom stereocenters. The Balaban J connectivity index is 1.36. The van der Waals surface area contributed by atoms with E-state index in [2.05, 4.69) is 15.5 Å². The first kappa shape index (κ1) is 21.0. The molecule has 2 heterocycles. The van der Waals surface area contributed by atoms with Gasteiger partial charge in [-0.15, -0.1) is 0 Å². The number of carbonyl (C=O) groups excluding carboxylic acids is 1. The maximum Gasteiger partial charge on any atom is 0.238 e. The third kappa shape index (κ3) is 5.08. The molecule has 2 aromatic carbocycles. The van der Waals surface area contributed by atoms with Crippen LogP contribution >= 0.6 is 11.6 Å². The van der Waals surface area contributed by atoms with Crippen LogP contribution in [0.15, 0.2) is 47.0 Å². The van der Waals surface area contributed by atoms with E-state index in [0.717, 1.165) is 19.4 Å². The van der Waals surface area contributed by atoms with Crippen molar-refractivity contribution in [3.8, 4) is 17.5 Å². The monoisotopic (exact) mass is 439 g/mol. The van der Waals surface area contributed by atoms with Crippen LogP contribution in [-0.4, -0.2) is 40.6 Å². The van der Waals surface area contributed by atoms with Gasteiger partial charge < -0.3 is 9.84 Å². The number of rotatable bonds is 5. The first-order valence-electron chi connectivity index (χ1n) is 9.83. The Morgan fingerprint density at radius 2 is 2.13 bits per heavy atom. The molecule has 0 spiro atoms. The first-order chi connectivity index (χ1) is 15.0. The zero-order valence-electron chi connectivity index (χ0n) is 16.5. The summed E-state index contributed by atoms with van der Waals surface area (Å²) in [5.74, 6) is 0.467. The second kappa shape index (κ2) is 9.25. The Morgan fingerprint density at radius 3 is 2.87 bits per heavy atom. The van der Waals surface area contributed by atoms with Crippen LogP contribution in [0.5, 0.6) is 0 Å². The van der Waals surface area contributed by atoms with E-state index in [1.165, 1.54) is 12.1 Å². The minimum Gasteiger partial charge on any atom is -0.339 e. The fourth-order valence-electron chi connectivity index (χ4n) is 3.61. The number of hydrogen-bond donors (Lipinski definition) is 1. The van der Waals surface area contributed by atoms with Gasteiger partial charge in [-0.1, -0.05) is 16.8 Å². The van der Waals surface area contributed by atoms with E-state index in [4.69, 9.17) is 21.4 Å². The highest BCUT2D eigenvalue weighted by atomic mass is 35.5. The third-order valence-electron chi connectivity index (χ3n) is 5.14. The van der Waals surface area contributed by atoms with Gasteiger partial charge in [0.15, 0.2) is 0 Å². The molecule has 0 radical (unpaired) electrons. The molecule has 7 nitrogen and oxygen atoms in total. The highest BCUT2D eigenvalue weighted by molar-refractivity contribution is 6.32. The number of likely N-dealkylation sites (tertiary alicyclic amines) is 1. The molecule has 1 aliphatic rings. The fraction of sp³-hybridized carbons (Fsp3) is 0.273. The summed E-state index contributed by atoms with van der Waals surface area (Å²) in [5.41, 5.74) is 1.59. The summed E-state index contributed by atoms with van der Waals surface area (Å²) < 4.78 is 18.6. The summed E-state index contributed by atoms with van der Waals surface area (Å²) in [5, 5.41) is 16.1. The van der Waals surface area contributed by atoms with Crippen LogP contribution in [0.2, 0.25) is 5.02 Å². The van der Waals surface area contributed by atoms with Gasteiger partial charge in [-0.3, -0.25) is 9.69 Å². The van der Waals surface area contributed by atoms with Gasteiger partial charge >= 0.3 is 0 Å². The van der Waals surface area contributed by atoms with Crippen LogP contribution in [0.3, 0.4) is 0 Å². The second-order valence-electron chi connectivity index (χ2n) is 7.39. The van der Waals surface area contributed by atoms with E-state index in [0.29, 0.717) is 40.1 Å². The molecular formula is C22H19ClFN5O2. The van der Waals surface area contributed by atoms with Crippen molar-refractivity contribution in [3.05, 3.63) is 64.8 Å². The Hall–Kier alpha value is -3.28. The molecule has 0 bridgehead atoms. The topological polar surface area (TPSA) is 95.1 Å². The molecule has 4 rings (SSSR count). The first-order valence-corrected chi connectivity index (χ1v) is 10.2. The number of aromatic nitrogens is 2. The van der Waals surface area contributed by atoms with E-state index in [-0.39, 0.29) is 24.2 Å². The number of carbonyl (C=O) groups is 1.